The topological polar surface area (TPSA) is 63.8 Å². The number of hydrogen-bond donors (Lipinski definition) is 2. The number of nitrogens with two attached hydrogens (primary N) is 1. The maximum Gasteiger partial charge on any atom is 0.348 e. The van der Waals surface area contributed by atoms with E-state index in [-0.39, 0.29) is 0 Å². The molecule has 70 valence electrons. The highest BCUT2D eigenvalue weighted by Gasteiger charge is 2.31. The van der Waals surface area contributed by atoms with E-state index in [1.807, 2.05) is 0 Å². The van der Waals surface area contributed by atoms with Gasteiger partial charge in [-0.1, -0.05) is 0 Å². The van der Waals surface area contributed by atoms with E-state index in [0.29, 0.717) is 10.5 Å². The summed E-state index contributed by atoms with van der Waals surface area (Å²) in [4.78, 5) is 8.36. The molecule has 0 spiro atoms. The summed E-state index contributed by atoms with van der Waals surface area (Å²) in [5.74, 6) is 6.86. The fraction of sp³-hybridized carbons (Fsp3) is 0.500. The van der Waals surface area contributed by atoms with Gasteiger partial charge in [0.05, 0.1) is 0 Å². The van der Waals surface area contributed by atoms with Gasteiger partial charge in [0, 0.05) is 25.5 Å². The maximum atomic E-state index is 6.15. The number of nitrogens with zero attached hydrogens (tertiary/aromatic N) is 3. The number of rotatable bonds is 1. The molecule has 0 bridgehead atoms. The quantitative estimate of drug-likeness (QED) is 0.441. The van der Waals surface area contributed by atoms with Gasteiger partial charge in [0.1, 0.15) is 13.1 Å². The monoisotopic (exact) mass is 180 g/mol. The molecule has 0 radical (unpaired) electrons. The van der Waals surface area contributed by atoms with E-state index in [4.69, 9.17) is 5.84 Å². The molecule has 0 aromatic carbocycles. The van der Waals surface area contributed by atoms with Gasteiger partial charge < -0.3 is 5.32 Å². The first-order valence-electron chi connectivity index (χ1n) is 4.45. The summed E-state index contributed by atoms with van der Waals surface area (Å²) in [6.45, 7) is 3.55. The highest BCUT2D eigenvalue weighted by molar-refractivity contribution is 5.22. The Balaban J connectivity index is 2.23. The Hall–Kier alpha value is -1.04. The molecule has 1 aliphatic heterocycles. The van der Waals surface area contributed by atoms with Crippen molar-refractivity contribution in [3.8, 4) is 0 Å². The van der Waals surface area contributed by atoms with Crippen molar-refractivity contribution in [2.24, 2.45) is 5.84 Å². The highest BCUT2D eigenvalue weighted by atomic mass is 15.6. The molecule has 0 saturated carbocycles. The third-order valence-corrected chi connectivity index (χ3v) is 2.33. The zero-order chi connectivity index (χ0) is 9.15. The molecule has 0 amide bonds. The fourth-order valence-electron chi connectivity index (χ4n) is 1.52. The Bertz CT molecular complexity index is 267. The minimum absolute atomic E-state index is 0.355. The second-order valence-electron chi connectivity index (χ2n) is 3.28. The number of piperazine rings is 1. The summed E-state index contributed by atoms with van der Waals surface area (Å²) in [5.41, 5.74) is 0. The lowest BCUT2D eigenvalue weighted by Gasteiger charge is -2.33. The minimum Gasteiger partial charge on any atom is -0.306 e. The summed E-state index contributed by atoms with van der Waals surface area (Å²) in [5, 5.41) is 3.26. The average Bonchev–Trinajstić information content (AvgIpc) is 2.20. The lowest BCUT2D eigenvalue weighted by molar-refractivity contribution is 0.234. The molecular formula is C8H14N5+. The first kappa shape index (κ1) is 8.55. The van der Waals surface area contributed by atoms with Crippen LogP contribution >= 0.6 is 0 Å². The molecule has 0 aliphatic carbocycles. The molecule has 5 heteroatoms. The van der Waals surface area contributed by atoms with Crippen molar-refractivity contribution in [2.45, 2.75) is 0 Å². The zero-order valence-electron chi connectivity index (χ0n) is 7.48. The largest absolute Gasteiger partial charge is 0.348 e. The third-order valence-electron chi connectivity index (χ3n) is 2.33. The van der Waals surface area contributed by atoms with Crippen LogP contribution in [-0.4, -0.2) is 36.1 Å². The van der Waals surface area contributed by atoms with E-state index >= 15 is 0 Å². The van der Waals surface area contributed by atoms with E-state index < -0.39 is 0 Å². The normalized spacial score (nSPS) is 21.3. The second kappa shape index (κ2) is 3.37. The van der Waals surface area contributed by atoms with E-state index in [0.717, 1.165) is 26.2 Å². The van der Waals surface area contributed by atoms with Crippen LogP contribution < -0.4 is 15.8 Å². The van der Waals surface area contributed by atoms with Crippen molar-refractivity contribution in [2.75, 3.05) is 26.2 Å². The fourth-order valence-corrected chi connectivity index (χ4v) is 1.52. The molecule has 0 atom stereocenters. The average molecular weight is 180 g/mol. The van der Waals surface area contributed by atoms with Crippen molar-refractivity contribution in [3.05, 3.63) is 18.5 Å². The van der Waals surface area contributed by atoms with Crippen LogP contribution in [0.25, 0.3) is 0 Å². The molecule has 2 heterocycles. The smallest absolute Gasteiger partial charge is 0.306 e. The van der Waals surface area contributed by atoms with Gasteiger partial charge in [-0.05, 0) is 6.07 Å². The zero-order valence-corrected chi connectivity index (χ0v) is 7.48. The van der Waals surface area contributed by atoms with Crippen LogP contribution in [0, 0.1) is 0 Å². The second-order valence-corrected chi connectivity index (χ2v) is 3.28. The number of nitrogens with one attached hydrogen (secondary N) is 1. The minimum atomic E-state index is 0.355. The van der Waals surface area contributed by atoms with Gasteiger partial charge in [-0.25, -0.2) is 0 Å². The molecular weight excluding hydrogens is 166 g/mol. The number of quaternary nitrogens is 1. The molecule has 1 aromatic heterocycles. The summed E-state index contributed by atoms with van der Waals surface area (Å²) in [6, 6.07) is 1.80. The summed E-state index contributed by atoms with van der Waals surface area (Å²) in [7, 11) is 0. The Morgan fingerprint density at radius 1 is 1.23 bits per heavy atom. The number of hydrogen-bond acceptors (Lipinski definition) is 4. The first-order chi connectivity index (χ1) is 6.31. The summed E-state index contributed by atoms with van der Waals surface area (Å²) in [6.07, 6.45) is 3.47. The Morgan fingerprint density at radius 3 is 2.46 bits per heavy atom. The van der Waals surface area contributed by atoms with Crippen molar-refractivity contribution >= 4 is 5.95 Å². The lowest BCUT2D eigenvalue weighted by Crippen LogP contribution is -2.65. The molecule has 1 aliphatic rings. The van der Waals surface area contributed by atoms with Crippen LogP contribution in [0.2, 0.25) is 0 Å². The number of aromatic nitrogens is 2. The van der Waals surface area contributed by atoms with Gasteiger partial charge in [0.25, 0.3) is 0 Å². The predicted octanol–water partition coefficient (Wildman–Crippen LogP) is -0.739. The van der Waals surface area contributed by atoms with Gasteiger partial charge in [-0.3, -0.25) is 0 Å². The molecule has 1 aromatic rings. The molecule has 13 heavy (non-hydrogen) atoms. The van der Waals surface area contributed by atoms with Crippen LogP contribution in [0.4, 0.5) is 5.95 Å². The molecule has 3 N–H and O–H groups in total. The van der Waals surface area contributed by atoms with Crippen LogP contribution in [0.5, 0.6) is 0 Å². The van der Waals surface area contributed by atoms with Crippen molar-refractivity contribution in [3.63, 3.8) is 0 Å². The van der Waals surface area contributed by atoms with Crippen LogP contribution in [-0.2, 0) is 0 Å². The molecule has 1 saturated heterocycles. The van der Waals surface area contributed by atoms with Crippen molar-refractivity contribution < 1.29 is 0 Å². The Morgan fingerprint density at radius 2 is 1.85 bits per heavy atom. The van der Waals surface area contributed by atoms with Crippen molar-refractivity contribution in [1.82, 2.24) is 19.9 Å². The van der Waals surface area contributed by atoms with Crippen LogP contribution in [0.3, 0.4) is 0 Å². The van der Waals surface area contributed by atoms with Crippen molar-refractivity contribution in [1.29, 1.82) is 0 Å². The molecule has 0 unspecified atom stereocenters. The molecule has 1 fully saturated rings. The summed E-state index contributed by atoms with van der Waals surface area (Å²) < 4.78 is 0.355. The Kier molecular flexibility index (Phi) is 2.22. The van der Waals surface area contributed by atoms with Gasteiger partial charge >= 0.3 is 5.95 Å². The van der Waals surface area contributed by atoms with E-state index in [9.17, 15) is 0 Å². The SMILES string of the molecule is N[N+]1(c2ncccn2)CCNCC1. The van der Waals surface area contributed by atoms with E-state index in [2.05, 4.69) is 15.3 Å². The molecule has 2 rings (SSSR count). The van der Waals surface area contributed by atoms with Crippen LogP contribution in [0.15, 0.2) is 18.5 Å². The standard InChI is InChI=1S/C8H14N5/c9-13(6-4-10-5-7-13)8-11-2-1-3-12-8/h1-3,10H,4-7,9H2/q+1. The van der Waals surface area contributed by atoms with Gasteiger partial charge in [-0.15, -0.1) is 0 Å². The van der Waals surface area contributed by atoms with E-state index in [1.165, 1.54) is 0 Å². The predicted molar refractivity (Wildman–Crippen MR) is 50.6 cm³/mol. The van der Waals surface area contributed by atoms with Crippen LogP contribution in [0.1, 0.15) is 0 Å². The van der Waals surface area contributed by atoms with Gasteiger partial charge in [0.2, 0.25) is 0 Å². The van der Waals surface area contributed by atoms with Gasteiger partial charge in [-0.2, -0.15) is 20.4 Å². The summed E-state index contributed by atoms with van der Waals surface area (Å²) >= 11 is 0. The van der Waals surface area contributed by atoms with Gasteiger partial charge in [0.15, 0.2) is 0 Å². The highest BCUT2D eigenvalue weighted by Crippen LogP contribution is 2.11. The maximum absolute atomic E-state index is 6.15. The first-order valence-corrected chi connectivity index (χ1v) is 4.45. The Labute approximate surface area is 77.2 Å². The third kappa shape index (κ3) is 1.67. The lowest BCUT2D eigenvalue weighted by atomic mass is 10.3. The van der Waals surface area contributed by atoms with E-state index in [1.54, 1.807) is 18.5 Å². The molecule has 5 nitrogen and oxygen atoms in total.